The van der Waals surface area contributed by atoms with Crippen molar-refractivity contribution in [1.29, 1.82) is 0 Å². The van der Waals surface area contributed by atoms with Gasteiger partial charge in [-0.3, -0.25) is 15.2 Å². The molecule has 0 saturated heterocycles. The zero-order chi connectivity index (χ0) is 21.0. The number of nitrogens with one attached hydrogen (secondary N) is 3. The fourth-order valence-electron chi connectivity index (χ4n) is 2.51. The number of guanidine groups is 1. The van der Waals surface area contributed by atoms with Crippen molar-refractivity contribution in [3.8, 4) is 11.3 Å². The second kappa shape index (κ2) is 8.45. The van der Waals surface area contributed by atoms with Crippen molar-refractivity contribution < 1.29 is 9.18 Å². The maximum Gasteiger partial charge on any atom is 0.258 e. The van der Waals surface area contributed by atoms with Gasteiger partial charge in [-0.25, -0.2) is 9.38 Å². The number of hydrogen-bond donors (Lipinski definition) is 3. The van der Waals surface area contributed by atoms with Gasteiger partial charge in [0.2, 0.25) is 5.96 Å². The van der Waals surface area contributed by atoms with Gasteiger partial charge in [-0.05, 0) is 44.5 Å². The van der Waals surface area contributed by atoms with E-state index in [2.05, 4.69) is 25.8 Å². The number of aliphatic imine (C=N–C) groups is 1. The van der Waals surface area contributed by atoms with Crippen molar-refractivity contribution in [2.75, 3.05) is 5.32 Å². The van der Waals surface area contributed by atoms with Gasteiger partial charge >= 0.3 is 0 Å². The van der Waals surface area contributed by atoms with Gasteiger partial charge in [-0.1, -0.05) is 41.9 Å². The molecule has 2 aromatic carbocycles. The molecule has 0 saturated carbocycles. The lowest BCUT2D eigenvalue weighted by atomic mass is 10.1. The van der Waals surface area contributed by atoms with E-state index in [1.54, 1.807) is 0 Å². The number of rotatable bonds is 3. The highest BCUT2D eigenvalue weighted by molar-refractivity contribution is 6.30. The Balaban J connectivity index is 1.81. The quantitative estimate of drug-likeness (QED) is 0.423. The Morgan fingerprint density at radius 3 is 2.52 bits per heavy atom. The molecule has 3 aromatic rings. The normalized spacial score (nSPS) is 12.0. The molecule has 0 atom stereocenters. The monoisotopic (exact) mass is 413 g/mol. The molecule has 150 valence electrons. The largest absolute Gasteiger partial charge is 0.309 e. The lowest BCUT2D eigenvalue weighted by Gasteiger charge is -2.17. The number of anilines is 1. The summed E-state index contributed by atoms with van der Waals surface area (Å²) < 4.78 is 13.7. The van der Waals surface area contributed by atoms with Gasteiger partial charge in [-0.15, -0.1) is 0 Å². The molecule has 0 spiro atoms. The van der Waals surface area contributed by atoms with E-state index in [9.17, 15) is 9.18 Å². The lowest BCUT2D eigenvalue weighted by molar-refractivity contribution is 0.0976. The van der Waals surface area contributed by atoms with Crippen molar-refractivity contribution in [3.05, 3.63) is 71.0 Å². The number of benzene rings is 2. The van der Waals surface area contributed by atoms with Gasteiger partial charge < -0.3 is 5.32 Å². The smallest absolute Gasteiger partial charge is 0.258 e. The third kappa shape index (κ3) is 5.65. The van der Waals surface area contributed by atoms with E-state index in [1.165, 1.54) is 12.1 Å². The van der Waals surface area contributed by atoms with Gasteiger partial charge in [0.1, 0.15) is 5.82 Å². The summed E-state index contributed by atoms with van der Waals surface area (Å²) in [6.45, 7) is 5.67. The maximum atomic E-state index is 13.7. The van der Waals surface area contributed by atoms with Crippen molar-refractivity contribution in [3.63, 3.8) is 0 Å². The molecular weight excluding hydrogens is 393 g/mol. The number of aromatic nitrogens is 2. The van der Waals surface area contributed by atoms with Gasteiger partial charge in [0.15, 0.2) is 5.82 Å². The highest BCUT2D eigenvalue weighted by Crippen LogP contribution is 2.20. The van der Waals surface area contributed by atoms with E-state index in [0.717, 1.165) is 17.3 Å². The second-order valence-electron chi connectivity index (χ2n) is 7.37. The van der Waals surface area contributed by atoms with Crippen molar-refractivity contribution in [1.82, 2.24) is 15.5 Å². The minimum atomic E-state index is -0.665. The molecule has 3 N–H and O–H groups in total. The highest BCUT2D eigenvalue weighted by atomic mass is 35.5. The minimum absolute atomic E-state index is 0.0479. The van der Waals surface area contributed by atoms with Crippen LogP contribution in [0.4, 0.5) is 10.2 Å². The first-order valence-electron chi connectivity index (χ1n) is 8.95. The Bertz CT molecular complexity index is 1040. The molecule has 29 heavy (non-hydrogen) atoms. The first-order chi connectivity index (χ1) is 13.7. The van der Waals surface area contributed by atoms with Crippen molar-refractivity contribution >= 4 is 29.3 Å². The maximum absolute atomic E-state index is 13.7. The van der Waals surface area contributed by atoms with Crippen molar-refractivity contribution in [2.24, 2.45) is 4.99 Å². The highest BCUT2D eigenvalue weighted by Gasteiger charge is 2.16. The van der Waals surface area contributed by atoms with E-state index in [0.29, 0.717) is 5.82 Å². The molecule has 3 rings (SSSR count). The average Bonchev–Trinajstić information content (AvgIpc) is 3.11. The van der Waals surface area contributed by atoms with Crippen molar-refractivity contribution in [2.45, 2.75) is 26.3 Å². The fraction of sp³-hybridized carbons (Fsp3) is 0.190. The summed E-state index contributed by atoms with van der Waals surface area (Å²) in [6.07, 6.45) is 0. The number of hydrogen-bond acceptors (Lipinski definition) is 3. The summed E-state index contributed by atoms with van der Waals surface area (Å²) in [7, 11) is 0. The predicted molar refractivity (Wildman–Crippen MR) is 114 cm³/mol. The molecule has 1 heterocycles. The molecular formula is C21H21ClFN5O. The van der Waals surface area contributed by atoms with Crippen LogP contribution in [0.5, 0.6) is 0 Å². The molecule has 0 radical (unpaired) electrons. The summed E-state index contributed by atoms with van der Waals surface area (Å²) in [4.78, 5) is 17.0. The van der Waals surface area contributed by atoms with Crippen LogP contribution in [0.1, 0.15) is 31.1 Å². The number of carbonyl (C=O) groups is 1. The van der Waals surface area contributed by atoms with E-state index in [-0.39, 0.29) is 16.5 Å². The molecule has 0 aliphatic rings. The van der Waals surface area contributed by atoms with E-state index in [1.807, 2.05) is 57.2 Å². The van der Waals surface area contributed by atoms with Gasteiger partial charge in [-0.2, -0.15) is 5.10 Å². The Kier molecular flexibility index (Phi) is 5.98. The van der Waals surface area contributed by atoms with Crippen LogP contribution >= 0.6 is 11.6 Å². The summed E-state index contributed by atoms with van der Waals surface area (Å²) >= 11 is 5.68. The zero-order valence-corrected chi connectivity index (χ0v) is 17.0. The number of halogens is 2. The molecule has 0 bridgehead atoms. The summed E-state index contributed by atoms with van der Waals surface area (Å²) in [5, 5.41) is 12.8. The second-order valence-corrected chi connectivity index (χ2v) is 7.78. The Hall–Kier alpha value is -3.19. The molecule has 1 amide bonds. The third-order valence-corrected chi connectivity index (χ3v) is 4.08. The van der Waals surface area contributed by atoms with Crippen LogP contribution in [0, 0.1) is 5.82 Å². The lowest BCUT2D eigenvalue weighted by Crippen LogP contribution is -2.38. The number of nitrogens with zero attached hydrogens (tertiary/aromatic N) is 2. The number of H-pyrrole nitrogens is 1. The number of amides is 1. The van der Waals surface area contributed by atoms with Crippen LogP contribution in [0.3, 0.4) is 0 Å². The number of carbonyl (C=O) groups excluding carboxylic acids is 1. The summed E-state index contributed by atoms with van der Waals surface area (Å²) in [5.41, 5.74) is 1.44. The standard InChI is InChI=1S/C21H21ClFN5O/c1-21(2,3)26-20(25-19(29)14-9-10-15(22)16(23)11-14)24-18-12-17(27-28-18)13-7-5-4-6-8-13/h4-12H,1-3H3,(H3,24,25,26,27,28,29). The minimum Gasteiger partial charge on any atom is -0.309 e. The molecule has 0 unspecified atom stereocenters. The van der Waals surface area contributed by atoms with Crippen LogP contribution in [0.2, 0.25) is 5.02 Å². The average molecular weight is 414 g/mol. The van der Waals surface area contributed by atoms with Gasteiger partial charge in [0.25, 0.3) is 5.91 Å². The molecule has 0 aliphatic carbocycles. The van der Waals surface area contributed by atoms with Crippen LogP contribution in [-0.4, -0.2) is 27.6 Å². The molecule has 1 aromatic heterocycles. The topological polar surface area (TPSA) is 82.2 Å². The van der Waals surface area contributed by atoms with E-state index < -0.39 is 17.3 Å². The van der Waals surface area contributed by atoms with Gasteiger partial charge in [0, 0.05) is 11.6 Å². The number of aromatic amines is 1. The Labute approximate surface area is 173 Å². The molecule has 0 fully saturated rings. The van der Waals surface area contributed by atoms with Crippen LogP contribution in [0.25, 0.3) is 11.3 Å². The Morgan fingerprint density at radius 2 is 1.86 bits per heavy atom. The van der Waals surface area contributed by atoms with E-state index in [4.69, 9.17) is 11.6 Å². The van der Waals surface area contributed by atoms with Gasteiger partial charge in [0.05, 0.1) is 16.3 Å². The molecule has 8 heteroatoms. The first kappa shape index (κ1) is 20.5. The van der Waals surface area contributed by atoms with E-state index >= 15 is 0 Å². The fourth-order valence-corrected chi connectivity index (χ4v) is 2.63. The van der Waals surface area contributed by atoms with Crippen LogP contribution < -0.4 is 10.6 Å². The summed E-state index contributed by atoms with van der Waals surface area (Å²) in [5.74, 6) is -0.505. The first-order valence-corrected chi connectivity index (χ1v) is 9.33. The predicted octanol–water partition coefficient (Wildman–Crippen LogP) is 4.87. The Morgan fingerprint density at radius 1 is 1.14 bits per heavy atom. The molecule has 6 nitrogen and oxygen atoms in total. The van der Waals surface area contributed by atoms with Crippen LogP contribution in [0.15, 0.2) is 59.6 Å². The molecule has 0 aliphatic heterocycles. The SMILES string of the molecule is CC(C)(C)N=C(NC(=O)c1ccc(Cl)c(F)c1)Nc1cc(-c2ccccc2)[nH]n1. The zero-order valence-electron chi connectivity index (χ0n) is 16.3. The third-order valence-electron chi connectivity index (χ3n) is 3.77. The van der Waals surface area contributed by atoms with Crippen LogP contribution in [-0.2, 0) is 0 Å². The summed E-state index contributed by atoms with van der Waals surface area (Å²) in [6, 6.07) is 15.4.